The van der Waals surface area contributed by atoms with Crippen molar-refractivity contribution in [1.29, 1.82) is 0 Å². The van der Waals surface area contributed by atoms with Gasteiger partial charge in [-0.2, -0.15) is 0 Å². The fourth-order valence-electron chi connectivity index (χ4n) is 1.04. The molecule has 0 radical (unpaired) electrons. The number of carbonyl (C=O) groups is 1. The van der Waals surface area contributed by atoms with Crippen LogP contribution in [0.2, 0.25) is 0 Å². The molecular weight excluding hydrogens is 250 g/mol. The second kappa shape index (κ2) is 4.43. The number of aromatic hydroxyl groups is 1. The molecule has 0 amide bonds. The monoisotopic (exact) mass is 259 g/mol. The van der Waals surface area contributed by atoms with E-state index in [2.05, 4.69) is 15.9 Å². The van der Waals surface area contributed by atoms with E-state index in [0.717, 1.165) is 4.47 Å². The lowest BCUT2D eigenvalue weighted by atomic mass is 10.1. The molecule has 1 rings (SSSR count). The molecule has 0 heterocycles. The molecule has 1 atom stereocenters. The number of phenolic OH excluding ortho intramolecular Hbond substituents is 1. The number of rotatable bonds is 3. The van der Waals surface area contributed by atoms with Crippen molar-refractivity contribution in [3.8, 4) is 5.75 Å². The third kappa shape index (κ3) is 2.71. The molecule has 0 aromatic heterocycles. The zero-order chi connectivity index (χ0) is 10.7. The lowest BCUT2D eigenvalue weighted by molar-refractivity contribution is -0.138. The van der Waals surface area contributed by atoms with E-state index in [1.54, 1.807) is 6.07 Å². The fraction of sp³-hybridized carbons (Fsp3) is 0.222. The van der Waals surface area contributed by atoms with Crippen molar-refractivity contribution in [3.05, 3.63) is 28.2 Å². The van der Waals surface area contributed by atoms with Crippen LogP contribution < -0.4 is 5.73 Å². The summed E-state index contributed by atoms with van der Waals surface area (Å²) in [5, 5.41) is 17.8. The summed E-state index contributed by atoms with van der Waals surface area (Å²) in [6, 6.07) is 3.71. The Kier molecular flexibility index (Phi) is 3.49. The van der Waals surface area contributed by atoms with Gasteiger partial charge in [0, 0.05) is 4.47 Å². The normalized spacial score (nSPS) is 12.4. The van der Waals surface area contributed by atoms with Crippen LogP contribution in [0.5, 0.6) is 5.75 Å². The number of benzene rings is 1. The number of hydrogen-bond acceptors (Lipinski definition) is 3. The SMILES string of the molecule is N[C@@H](Cc1cc(O)ccc1Br)C(=O)O. The van der Waals surface area contributed by atoms with Crippen molar-refractivity contribution in [2.24, 2.45) is 5.73 Å². The maximum absolute atomic E-state index is 10.5. The minimum Gasteiger partial charge on any atom is -0.508 e. The van der Waals surface area contributed by atoms with Gasteiger partial charge in [-0.3, -0.25) is 4.79 Å². The van der Waals surface area contributed by atoms with Crippen LogP contribution in [-0.2, 0) is 11.2 Å². The van der Waals surface area contributed by atoms with E-state index in [1.165, 1.54) is 12.1 Å². The van der Waals surface area contributed by atoms with Gasteiger partial charge < -0.3 is 15.9 Å². The van der Waals surface area contributed by atoms with Crippen LogP contribution in [0.1, 0.15) is 5.56 Å². The molecule has 0 saturated carbocycles. The highest BCUT2D eigenvalue weighted by Crippen LogP contribution is 2.22. The van der Waals surface area contributed by atoms with E-state index in [0.29, 0.717) is 5.56 Å². The first-order valence-electron chi connectivity index (χ1n) is 3.96. The van der Waals surface area contributed by atoms with Gasteiger partial charge in [-0.15, -0.1) is 0 Å². The molecule has 0 aliphatic heterocycles. The summed E-state index contributed by atoms with van der Waals surface area (Å²) in [6.07, 6.45) is 0.185. The number of phenols is 1. The molecule has 0 aliphatic carbocycles. The van der Waals surface area contributed by atoms with Gasteiger partial charge >= 0.3 is 5.97 Å². The number of nitrogens with two attached hydrogens (primary N) is 1. The fourth-order valence-corrected chi connectivity index (χ4v) is 1.45. The van der Waals surface area contributed by atoms with Gasteiger partial charge in [0.2, 0.25) is 0 Å². The van der Waals surface area contributed by atoms with Gasteiger partial charge in [0.25, 0.3) is 0 Å². The van der Waals surface area contributed by atoms with Crippen LogP contribution in [-0.4, -0.2) is 22.2 Å². The standard InChI is InChI=1S/C9H10BrNO3/c10-7-2-1-6(12)3-5(7)4-8(11)9(13)14/h1-3,8,12H,4,11H2,(H,13,14)/t8-/m0/s1. The smallest absolute Gasteiger partial charge is 0.320 e. The Morgan fingerprint density at radius 2 is 2.21 bits per heavy atom. The van der Waals surface area contributed by atoms with Gasteiger partial charge in [-0.05, 0) is 30.2 Å². The quantitative estimate of drug-likeness (QED) is 0.760. The molecule has 0 bridgehead atoms. The minimum atomic E-state index is -1.06. The Labute approximate surface area is 89.5 Å². The van der Waals surface area contributed by atoms with E-state index in [1.807, 2.05) is 0 Å². The lowest BCUT2D eigenvalue weighted by Gasteiger charge is -2.08. The molecule has 1 aromatic rings. The highest BCUT2D eigenvalue weighted by atomic mass is 79.9. The van der Waals surface area contributed by atoms with Gasteiger partial charge in [-0.25, -0.2) is 0 Å². The Morgan fingerprint density at radius 3 is 2.79 bits per heavy atom. The second-order valence-corrected chi connectivity index (χ2v) is 3.78. The van der Waals surface area contributed by atoms with Crippen molar-refractivity contribution in [2.75, 3.05) is 0 Å². The summed E-state index contributed by atoms with van der Waals surface area (Å²) in [6.45, 7) is 0. The minimum absolute atomic E-state index is 0.0980. The first kappa shape index (κ1) is 11.0. The molecule has 1 aromatic carbocycles. The zero-order valence-electron chi connectivity index (χ0n) is 7.27. The van der Waals surface area contributed by atoms with Gasteiger partial charge in [0.1, 0.15) is 11.8 Å². The molecule has 0 unspecified atom stereocenters. The molecule has 76 valence electrons. The Hall–Kier alpha value is -1.07. The van der Waals surface area contributed by atoms with Crippen LogP contribution >= 0.6 is 15.9 Å². The first-order chi connectivity index (χ1) is 6.50. The topological polar surface area (TPSA) is 83.5 Å². The van der Waals surface area contributed by atoms with Gasteiger partial charge in [0.15, 0.2) is 0 Å². The number of carboxylic acid groups (broad SMARTS) is 1. The predicted molar refractivity (Wildman–Crippen MR) is 55.1 cm³/mol. The Morgan fingerprint density at radius 1 is 1.57 bits per heavy atom. The number of carboxylic acids is 1. The maximum Gasteiger partial charge on any atom is 0.320 e. The highest BCUT2D eigenvalue weighted by Gasteiger charge is 2.14. The average Bonchev–Trinajstić information content (AvgIpc) is 2.11. The van der Waals surface area contributed by atoms with Crippen molar-refractivity contribution in [3.63, 3.8) is 0 Å². The van der Waals surface area contributed by atoms with E-state index in [4.69, 9.17) is 10.8 Å². The summed E-state index contributed by atoms with van der Waals surface area (Å²) >= 11 is 3.25. The molecule has 4 N–H and O–H groups in total. The van der Waals surface area contributed by atoms with Crippen LogP contribution in [0.4, 0.5) is 0 Å². The van der Waals surface area contributed by atoms with Crippen LogP contribution in [0, 0.1) is 0 Å². The molecule has 0 saturated heterocycles. The second-order valence-electron chi connectivity index (χ2n) is 2.92. The van der Waals surface area contributed by atoms with Crippen LogP contribution in [0.15, 0.2) is 22.7 Å². The molecule has 4 nitrogen and oxygen atoms in total. The van der Waals surface area contributed by atoms with Crippen LogP contribution in [0.3, 0.4) is 0 Å². The van der Waals surface area contributed by atoms with Crippen molar-refractivity contribution >= 4 is 21.9 Å². The predicted octanol–water partition coefficient (Wildman–Crippen LogP) is 1.11. The average molecular weight is 260 g/mol. The summed E-state index contributed by atoms with van der Waals surface area (Å²) in [5.41, 5.74) is 6.05. The van der Waals surface area contributed by atoms with E-state index in [9.17, 15) is 9.90 Å². The molecule has 0 aliphatic rings. The molecule has 0 fully saturated rings. The Bertz CT molecular complexity index is 354. The van der Waals surface area contributed by atoms with Crippen molar-refractivity contribution < 1.29 is 15.0 Å². The number of halogens is 1. The number of aliphatic carboxylic acids is 1. The summed E-state index contributed by atoms with van der Waals surface area (Å²) in [4.78, 5) is 10.5. The van der Waals surface area contributed by atoms with Crippen molar-refractivity contribution in [1.82, 2.24) is 0 Å². The summed E-state index contributed by atoms with van der Waals surface area (Å²) < 4.78 is 0.743. The molecular formula is C9H10BrNO3. The lowest BCUT2D eigenvalue weighted by Crippen LogP contribution is -2.32. The van der Waals surface area contributed by atoms with Gasteiger partial charge in [0.05, 0.1) is 0 Å². The zero-order valence-corrected chi connectivity index (χ0v) is 8.86. The highest BCUT2D eigenvalue weighted by molar-refractivity contribution is 9.10. The van der Waals surface area contributed by atoms with Crippen molar-refractivity contribution in [2.45, 2.75) is 12.5 Å². The van der Waals surface area contributed by atoms with Crippen LogP contribution in [0.25, 0.3) is 0 Å². The molecule has 14 heavy (non-hydrogen) atoms. The van der Waals surface area contributed by atoms with Gasteiger partial charge in [-0.1, -0.05) is 15.9 Å². The third-order valence-electron chi connectivity index (χ3n) is 1.79. The van der Waals surface area contributed by atoms with E-state index in [-0.39, 0.29) is 12.2 Å². The largest absolute Gasteiger partial charge is 0.508 e. The summed E-state index contributed by atoms with van der Waals surface area (Å²) in [7, 11) is 0. The molecule has 5 heteroatoms. The maximum atomic E-state index is 10.5. The first-order valence-corrected chi connectivity index (χ1v) is 4.76. The van der Waals surface area contributed by atoms with E-state index < -0.39 is 12.0 Å². The summed E-state index contributed by atoms with van der Waals surface area (Å²) in [5.74, 6) is -0.957. The molecule has 0 spiro atoms. The third-order valence-corrected chi connectivity index (χ3v) is 2.56. The number of hydrogen-bond donors (Lipinski definition) is 3. The Balaban J connectivity index is 2.85. The van der Waals surface area contributed by atoms with E-state index >= 15 is 0 Å².